The average molecular weight is 285 g/mol. The molecule has 1 N–H and O–H groups in total. The molecule has 0 saturated carbocycles. The molecule has 0 amide bonds. The Kier molecular flexibility index (Phi) is 4.55. The van der Waals surface area contributed by atoms with Crippen LogP contribution < -0.4 is 10.2 Å². The van der Waals surface area contributed by atoms with Crippen LogP contribution in [0.1, 0.15) is 12.8 Å². The van der Waals surface area contributed by atoms with E-state index in [9.17, 15) is 10.1 Å². The first-order chi connectivity index (χ1) is 9.08. The summed E-state index contributed by atoms with van der Waals surface area (Å²) in [5.41, 5.74) is -0.0428. The van der Waals surface area contributed by atoms with Crippen LogP contribution in [0.4, 0.5) is 11.5 Å². The molecular weight excluding hydrogens is 268 g/mol. The molecule has 2 rings (SSSR count). The molecule has 1 aliphatic heterocycles. The molecular formula is C12H17ClN4O2. The molecule has 1 unspecified atom stereocenters. The molecule has 2 heterocycles. The fourth-order valence-corrected chi connectivity index (χ4v) is 2.56. The Bertz CT molecular complexity index is 463. The smallest absolute Gasteiger partial charge is 0.313 e. The van der Waals surface area contributed by atoms with Gasteiger partial charge in [-0.3, -0.25) is 10.1 Å². The molecule has 1 aromatic rings. The van der Waals surface area contributed by atoms with E-state index < -0.39 is 4.92 Å². The van der Waals surface area contributed by atoms with Gasteiger partial charge in [-0.15, -0.1) is 0 Å². The fraction of sp³-hybridized carbons (Fsp3) is 0.583. The van der Waals surface area contributed by atoms with Crippen molar-refractivity contribution in [1.29, 1.82) is 0 Å². The molecule has 0 bridgehead atoms. The van der Waals surface area contributed by atoms with E-state index in [2.05, 4.69) is 10.3 Å². The lowest BCUT2D eigenvalue weighted by Gasteiger charge is -2.28. The number of hydrogen-bond acceptors (Lipinski definition) is 5. The molecule has 1 saturated heterocycles. The molecule has 7 heteroatoms. The zero-order chi connectivity index (χ0) is 13.8. The van der Waals surface area contributed by atoms with Crippen molar-refractivity contribution in [1.82, 2.24) is 10.3 Å². The summed E-state index contributed by atoms with van der Waals surface area (Å²) < 4.78 is 0. The van der Waals surface area contributed by atoms with Crippen molar-refractivity contribution >= 4 is 23.1 Å². The quantitative estimate of drug-likeness (QED) is 0.677. The summed E-state index contributed by atoms with van der Waals surface area (Å²) in [6.07, 6.45) is 3.73. The number of nitrogens with zero attached hydrogens (tertiary/aromatic N) is 3. The molecule has 0 aromatic carbocycles. The van der Waals surface area contributed by atoms with Crippen LogP contribution in [0.15, 0.2) is 12.3 Å². The van der Waals surface area contributed by atoms with E-state index in [0.29, 0.717) is 11.7 Å². The summed E-state index contributed by atoms with van der Waals surface area (Å²) in [5.74, 6) is 0.871. The summed E-state index contributed by atoms with van der Waals surface area (Å²) in [4.78, 5) is 16.5. The van der Waals surface area contributed by atoms with E-state index in [4.69, 9.17) is 11.6 Å². The minimum Gasteiger partial charge on any atom is -0.354 e. The number of nitrogens with one attached hydrogen (secondary N) is 1. The first-order valence-electron chi connectivity index (χ1n) is 6.29. The van der Waals surface area contributed by atoms with Crippen molar-refractivity contribution in [3.05, 3.63) is 27.4 Å². The van der Waals surface area contributed by atoms with Gasteiger partial charge in [0.1, 0.15) is 0 Å². The van der Waals surface area contributed by atoms with E-state index >= 15 is 0 Å². The lowest BCUT2D eigenvalue weighted by atomic mass is 9.99. The van der Waals surface area contributed by atoms with Crippen LogP contribution in [0.25, 0.3) is 0 Å². The largest absolute Gasteiger partial charge is 0.354 e. The van der Waals surface area contributed by atoms with E-state index in [1.165, 1.54) is 12.3 Å². The number of pyridine rings is 1. The van der Waals surface area contributed by atoms with Crippen LogP contribution >= 0.6 is 11.6 Å². The van der Waals surface area contributed by atoms with E-state index in [-0.39, 0.29) is 10.7 Å². The normalized spacial score (nSPS) is 19.2. The maximum absolute atomic E-state index is 11.0. The highest BCUT2D eigenvalue weighted by Gasteiger charge is 2.22. The molecule has 1 aromatic heterocycles. The van der Waals surface area contributed by atoms with E-state index in [1.54, 1.807) is 0 Å². The van der Waals surface area contributed by atoms with Gasteiger partial charge < -0.3 is 10.2 Å². The Morgan fingerprint density at radius 3 is 3.11 bits per heavy atom. The zero-order valence-electron chi connectivity index (χ0n) is 10.8. The average Bonchev–Trinajstić information content (AvgIpc) is 2.39. The van der Waals surface area contributed by atoms with Gasteiger partial charge in [0.15, 0.2) is 0 Å². The minimum absolute atomic E-state index is 0.0428. The maximum Gasteiger partial charge on any atom is 0.313 e. The first-order valence-corrected chi connectivity index (χ1v) is 6.67. The summed E-state index contributed by atoms with van der Waals surface area (Å²) in [5, 5.41) is 14.7. The summed E-state index contributed by atoms with van der Waals surface area (Å²) in [6, 6.07) is 1.35. The maximum atomic E-state index is 11.0. The number of anilines is 1. The first kappa shape index (κ1) is 14.0. The van der Waals surface area contributed by atoms with Gasteiger partial charge in [-0.05, 0) is 31.8 Å². The highest BCUT2D eigenvalue weighted by atomic mass is 35.5. The van der Waals surface area contributed by atoms with E-state index in [1.807, 2.05) is 11.9 Å². The predicted octanol–water partition coefficient (Wildman–Crippen LogP) is 2.08. The molecule has 1 fully saturated rings. The Labute approximate surface area is 116 Å². The van der Waals surface area contributed by atoms with Crippen molar-refractivity contribution < 1.29 is 4.92 Å². The minimum atomic E-state index is -0.441. The molecule has 1 atom stereocenters. The van der Waals surface area contributed by atoms with Crippen LogP contribution in [-0.4, -0.2) is 36.6 Å². The SMILES string of the molecule is CN(CC1CCCNC1)c1ncc(Cl)cc1[N+](=O)[O-]. The fourth-order valence-electron chi connectivity index (χ4n) is 2.40. The van der Waals surface area contributed by atoms with Gasteiger partial charge in [-0.25, -0.2) is 4.98 Å². The second-order valence-corrected chi connectivity index (χ2v) is 5.28. The van der Waals surface area contributed by atoms with E-state index in [0.717, 1.165) is 32.5 Å². The van der Waals surface area contributed by atoms with Gasteiger partial charge >= 0.3 is 5.69 Å². The molecule has 0 spiro atoms. The Morgan fingerprint density at radius 1 is 1.68 bits per heavy atom. The van der Waals surface area contributed by atoms with Crippen molar-refractivity contribution in [2.24, 2.45) is 5.92 Å². The number of halogens is 1. The number of nitro groups is 1. The van der Waals surface area contributed by atoms with Crippen LogP contribution in [0.5, 0.6) is 0 Å². The molecule has 1 aliphatic rings. The second-order valence-electron chi connectivity index (χ2n) is 4.85. The van der Waals surface area contributed by atoms with Crippen molar-refractivity contribution in [2.75, 3.05) is 31.6 Å². The van der Waals surface area contributed by atoms with Crippen LogP contribution in [-0.2, 0) is 0 Å². The van der Waals surface area contributed by atoms with Crippen LogP contribution in [0.3, 0.4) is 0 Å². The van der Waals surface area contributed by atoms with Gasteiger partial charge in [0, 0.05) is 25.9 Å². The number of hydrogen-bond donors (Lipinski definition) is 1. The van der Waals surface area contributed by atoms with Crippen molar-refractivity contribution in [2.45, 2.75) is 12.8 Å². The lowest BCUT2D eigenvalue weighted by molar-refractivity contribution is -0.384. The van der Waals surface area contributed by atoms with Gasteiger partial charge in [0.25, 0.3) is 0 Å². The molecule has 6 nitrogen and oxygen atoms in total. The van der Waals surface area contributed by atoms with Gasteiger partial charge in [-0.2, -0.15) is 0 Å². The third-order valence-corrected chi connectivity index (χ3v) is 3.51. The van der Waals surface area contributed by atoms with Crippen LogP contribution in [0, 0.1) is 16.0 Å². The Balaban J connectivity index is 2.13. The highest BCUT2D eigenvalue weighted by Crippen LogP contribution is 2.28. The lowest BCUT2D eigenvalue weighted by Crippen LogP contribution is -2.37. The summed E-state index contributed by atoms with van der Waals surface area (Å²) in [6.45, 7) is 2.76. The Morgan fingerprint density at radius 2 is 2.47 bits per heavy atom. The second kappa shape index (κ2) is 6.16. The van der Waals surface area contributed by atoms with Gasteiger partial charge in [-0.1, -0.05) is 11.6 Å². The standard InChI is InChI=1S/C12H17ClN4O2/c1-16(8-9-3-2-4-14-6-9)12-11(17(18)19)5-10(13)7-15-12/h5,7,9,14H,2-4,6,8H2,1H3. The van der Waals surface area contributed by atoms with Crippen molar-refractivity contribution in [3.63, 3.8) is 0 Å². The number of rotatable bonds is 4. The van der Waals surface area contributed by atoms with Gasteiger partial charge in [0.05, 0.1) is 9.95 Å². The highest BCUT2D eigenvalue weighted by molar-refractivity contribution is 6.30. The predicted molar refractivity (Wildman–Crippen MR) is 74.8 cm³/mol. The van der Waals surface area contributed by atoms with Gasteiger partial charge in [0.2, 0.25) is 5.82 Å². The summed E-state index contributed by atoms with van der Waals surface area (Å²) >= 11 is 5.76. The third-order valence-electron chi connectivity index (χ3n) is 3.30. The van der Waals surface area contributed by atoms with Crippen LogP contribution in [0.2, 0.25) is 5.02 Å². The van der Waals surface area contributed by atoms with Crippen molar-refractivity contribution in [3.8, 4) is 0 Å². The summed E-state index contributed by atoms with van der Waals surface area (Å²) in [7, 11) is 1.83. The topological polar surface area (TPSA) is 71.3 Å². The molecule has 0 radical (unpaired) electrons. The molecule has 104 valence electrons. The third kappa shape index (κ3) is 3.54. The molecule has 0 aliphatic carbocycles. The number of aromatic nitrogens is 1. The molecule has 19 heavy (non-hydrogen) atoms. The Hall–Kier alpha value is -1.40. The number of piperidine rings is 1. The zero-order valence-corrected chi connectivity index (χ0v) is 11.6. The monoisotopic (exact) mass is 284 g/mol.